The third kappa shape index (κ3) is 2.68. The summed E-state index contributed by atoms with van der Waals surface area (Å²) in [7, 11) is 0. The summed E-state index contributed by atoms with van der Waals surface area (Å²) in [5, 5.41) is 8.92. The van der Waals surface area contributed by atoms with E-state index < -0.39 is 0 Å². The summed E-state index contributed by atoms with van der Waals surface area (Å²) in [6, 6.07) is 8.07. The van der Waals surface area contributed by atoms with Gasteiger partial charge in [-0.1, -0.05) is 30.0 Å². The molecule has 0 unspecified atom stereocenters. The number of hydrogen-bond donors (Lipinski definition) is 0. The average molecular weight is 303 g/mol. The van der Waals surface area contributed by atoms with Gasteiger partial charge in [-0.25, -0.2) is 0 Å². The quantitative estimate of drug-likeness (QED) is 0.816. The van der Waals surface area contributed by atoms with Gasteiger partial charge in [0.05, 0.1) is 5.69 Å². The minimum Gasteiger partial charge on any atom is -0.462 e. The molecule has 21 heavy (non-hydrogen) atoms. The smallest absolute Gasteiger partial charge is 0.319 e. The first kappa shape index (κ1) is 14.1. The lowest BCUT2D eigenvalue weighted by molar-refractivity contribution is -0.140. The van der Waals surface area contributed by atoms with Crippen molar-refractivity contribution in [2.75, 3.05) is 0 Å². The van der Waals surface area contributed by atoms with Crippen LogP contribution in [-0.2, 0) is 9.53 Å². The van der Waals surface area contributed by atoms with Gasteiger partial charge in [0.25, 0.3) is 0 Å². The number of aromatic nitrogens is 3. The molecule has 0 bridgehead atoms. The number of carbonyl (C=O) groups is 1. The van der Waals surface area contributed by atoms with Crippen molar-refractivity contribution in [1.29, 1.82) is 0 Å². The Morgan fingerprint density at radius 3 is 2.71 bits per heavy atom. The van der Waals surface area contributed by atoms with E-state index >= 15 is 0 Å². The molecule has 0 aliphatic carbocycles. The van der Waals surface area contributed by atoms with Crippen molar-refractivity contribution in [2.45, 2.75) is 43.7 Å². The van der Waals surface area contributed by atoms with Crippen molar-refractivity contribution >= 4 is 17.7 Å². The molecule has 2 atom stereocenters. The van der Waals surface area contributed by atoms with Gasteiger partial charge < -0.3 is 4.74 Å². The van der Waals surface area contributed by atoms with Gasteiger partial charge in [-0.05, 0) is 32.4 Å². The van der Waals surface area contributed by atoms with Gasteiger partial charge in [0.1, 0.15) is 17.2 Å². The van der Waals surface area contributed by atoms with E-state index in [1.165, 1.54) is 11.8 Å². The molecule has 6 heteroatoms. The number of rotatable bonds is 3. The van der Waals surface area contributed by atoms with Gasteiger partial charge in [0.15, 0.2) is 5.16 Å². The molecule has 1 aromatic carbocycles. The lowest BCUT2D eigenvalue weighted by Gasteiger charge is -2.12. The molecule has 0 radical (unpaired) electrons. The second-order valence-electron chi connectivity index (χ2n) is 5.24. The van der Waals surface area contributed by atoms with Crippen LogP contribution in [0.3, 0.4) is 0 Å². The molecule has 0 spiro atoms. The second kappa shape index (κ2) is 5.52. The highest BCUT2D eigenvalue weighted by Gasteiger charge is 2.34. The summed E-state index contributed by atoms with van der Waals surface area (Å²) >= 11 is 1.43. The molecular formula is C15H17N3O2S. The van der Waals surface area contributed by atoms with Crippen LogP contribution in [0.5, 0.6) is 0 Å². The maximum absolute atomic E-state index is 11.8. The number of aryl methyl sites for hydroxylation is 2. The highest BCUT2D eigenvalue weighted by Crippen LogP contribution is 2.33. The highest BCUT2D eigenvalue weighted by atomic mass is 32.2. The van der Waals surface area contributed by atoms with Crippen LogP contribution in [0.2, 0.25) is 0 Å². The summed E-state index contributed by atoms with van der Waals surface area (Å²) in [5.41, 5.74) is 2.19. The fourth-order valence-electron chi connectivity index (χ4n) is 2.45. The standard InChI is InChI=1S/C15H17N3O2S/c1-9-6-4-5-7-12(9)18-11(3)16-17-15(18)21-13-8-10(2)20-14(13)19/h4-7,10,13H,8H2,1-3H3/t10-,13-/m0/s1. The SMILES string of the molecule is Cc1ccccc1-n1c(C)nnc1S[C@H]1C[C@H](C)OC1=O. The lowest BCUT2D eigenvalue weighted by atomic mass is 10.2. The van der Waals surface area contributed by atoms with Gasteiger partial charge in [-0.3, -0.25) is 9.36 Å². The van der Waals surface area contributed by atoms with Gasteiger partial charge in [-0.2, -0.15) is 0 Å². The van der Waals surface area contributed by atoms with E-state index in [-0.39, 0.29) is 17.3 Å². The van der Waals surface area contributed by atoms with Crippen molar-refractivity contribution in [1.82, 2.24) is 14.8 Å². The van der Waals surface area contributed by atoms with Gasteiger partial charge in [0, 0.05) is 6.42 Å². The normalized spacial score (nSPS) is 21.6. The zero-order valence-corrected chi connectivity index (χ0v) is 13.1. The maximum atomic E-state index is 11.8. The maximum Gasteiger partial charge on any atom is 0.319 e. The van der Waals surface area contributed by atoms with Gasteiger partial charge in [0.2, 0.25) is 0 Å². The first-order chi connectivity index (χ1) is 10.1. The van der Waals surface area contributed by atoms with Crippen LogP contribution in [0.15, 0.2) is 29.4 Å². The van der Waals surface area contributed by atoms with E-state index in [4.69, 9.17) is 4.74 Å². The molecule has 0 amide bonds. The Balaban J connectivity index is 1.95. The van der Waals surface area contributed by atoms with E-state index in [1.807, 2.05) is 36.6 Å². The molecule has 1 fully saturated rings. The number of ether oxygens (including phenoxy) is 1. The fourth-order valence-corrected chi connectivity index (χ4v) is 3.65. The Bertz CT molecular complexity index is 683. The first-order valence-electron chi connectivity index (χ1n) is 6.91. The molecule has 1 aliphatic rings. The van der Waals surface area contributed by atoms with Crippen molar-refractivity contribution in [3.63, 3.8) is 0 Å². The Morgan fingerprint density at radius 2 is 2.05 bits per heavy atom. The molecule has 1 saturated heterocycles. The summed E-state index contributed by atoms with van der Waals surface area (Å²) in [6.45, 7) is 5.88. The van der Waals surface area contributed by atoms with Crippen molar-refractivity contribution in [3.8, 4) is 5.69 Å². The lowest BCUT2D eigenvalue weighted by Crippen LogP contribution is -2.11. The molecule has 5 nitrogen and oxygen atoms in total. The molecule has 2 aromatic rings. The summed E-state index contributed by atoms with van der Waals surface area (Å²) in [4.78, 5) is 11.8. The number of hydrogen-bond acceptors (Lipinski definition) is 5. The minimum atomic E-state index is -0.202. The average Bonchev–Trinajstić information content (AvgIpc) is 2.94. The molecule has 3 rings (SSSR count). The van der Waals surface area contributed by atoms with Crippen molar-refractivity contribution in [3.05, 3.63) is 35.7 Å². The number of para-hydroxylation sites is 1. The number of thioether (sulfide) groups is 1. The number of esters is 1. The predicted octanol–water partition coefficient (Wildman–Crippen LogP) is 2.68. The van der Waals surface area contributed by atoms with Crippen LogP contribution in [0.25, 0.3) is 5.69 Å². The number of carbonyl (C=O) groups excluding carboxylic acids is 1. The Hall–Kier alpha value is -1.82. The Labute approximate surface area is 127 Å². The van der Waals surface area contributed by atoms with Crippen molar-refractivity contribution < 1.29 is 9.53 Å². The molecule has 2 heterocycles. The molecule has 110 valence electrons. The molecule has 0 N–H and O–H groups in total. The molecular weight excluding hydrogens is 286 g/mol. The van der Waals surface area contributed by atoms with E-state index in [2.05, 4.69) is 23.2 Å². The Kier molecular flexibility index (Phi) is 3.71. The third-order valence-electron chi connectivity index (χ3n) is 3.53. The fraction of sp³-hybridized carbons (Fsp3) is 0.400. The predicted molar refractivity (Wildman–Crippen MR) is 80.6 cm³/mol. The number of benzene rings is 1. The first-order valence-corrected chi connectivity index (χ1v) is 7.79. The van der Waals surface area contributed by atoms with Crippen LogP contribution in [-0.4, -0.2) is 32.1 Å². The van der Waals surface area contributed by atoms with E-state index in [1.54, 1.807) is 0 Å². The van der Waals surface area contributed by atoms with Crippen LogP contribution in [0.1, 0.15) is 24.7 Å². The van der Waals surface area contributed by atoms with Crippen LogP contribution in [0, 0.1) is 13.8 Å². The minimum absolute atomic E-state index is 0.0223. The van der Waals surface area contributed by atoms with Crippen molar-refractivity contribution in [2.24, 2.45) is 0 Å². The summed E-state index contributed by atoms with van der Waals surface area (Å²) in [6.07, 6.45) is 0.689. The monoisotopic (exact) mass is 303 g/mol. The largest absolute Gasteiger partial charge is 0.462 e. The van der Waals surface area contributed by atoms with Crippen LogP contribution >= 0.6 is 11.8 Å². The summed E-state index contributed by atoms with van der Waals surface area (Å²) in [5.74, 6) is 0.649. The zero-order valence-electron chi connectivity index (χ0n) is 12.2. The second-order valence-corrected chi connectivity index (χ2v) is 6.41. The number of cyclic esters (lactones) is 1. The molecule has 1 aliphatic heterocycles. The van der Waals surface area contributed by atoms with E-state index in [9.17, 15) is 4.79 Å². The summed E-state index contributed by atoms with van der Waals surface area (Å²) < 4.78 is 7.20. The van der Waals surface area contributed by atoms with Crippen LogP contribution in [0.4, 0.5) is 0 Å². The van der Waals surface area contributed by atoms with Crippen LogP contribution < -0.4 is 0 Å². The van der Waals surface area contributed by atoms with Gasteiger partial charge >= 0.3 is 5.97 Å². The van der Waals surface area contributed by atoms with Gasteiger partial charge in [-0.15, -0.1) is 10.2 Å². The Morgan fingerprint density at radius 1 is 1.29 bits per heavy atom. The molecule has 1 aromatic heterocycles. The topological polar surface area (TPSA) is 57.0 Å². The number of nitrogens with zero attached hydrogens (tertiary/aromatic N) is 3. The van der Waals surface area contributed by atoms with E-state index in [0.717, 1.165) is 22.2 Å². The third-order valence-corrected chi connectivity index (χ3v) is 4.67. The molecule has 0 saturated carbocycles. The van der Waals surface area contributed by atoms with E-state index in [0.29, 0.717) is 6.42 Å². The zero-order chi connectivity index (χ0) is 15.0. The highest BCUT2D eigenvalue weighted by molar-refractivity contribution is 8.00.